The van der Waals surface area contributed by atoms with E-state index in [1.165, 1.54) is 6.26 Å². The van der Waals surface area contributed by atoms with Crippen LogP contribution in [0.15, 0.2) is 22.7 Å². The van der Waals surface area contributed by atoms with Crippen LogP contribution in [0, 0.1) is 0 Å². The minimum Gasteiger partial charge on any atom is -0.494 e. The predicted octanol–water partition coefficient (Wildman–Crippen LogP) is 3.33. The molecule has 0 amide bonds. The summed E-state index contributed by atoms with van der Waals surface area (Å²) in [6.45, 7) is 2.52. The molecule has 0 saturated carbocycles. The van der Waals surface area contributed by atoms with Gasteiger partial charge in [-0.25, -0.2) is 8.42 Å². The summed E-state index contributed by atoms with van der Waals surface area (Å²) in [5, 5.41) is 0. The van der Waals surface area contributed by atoms with E-state index in [1.54, 1.807) is 0 Å². The second-order valence-electron chi connectivity index (χ2n) is 3.68. The van der Waals surface area contributed by atoms with Crippen molar-refractivity contribution in [2.24, 2.45) is 0 Å². The quantitative estimate of drug-likeness (QED) is 0.730. The van der Waals surface area contributed by atoms with Gasteiger partial charge >= 0.3 is 0 Å². The van der Waals surface area contributed by atoms with Crippen LogP contribution in [-0.4, -0.2) is 27.0 Å². The molecule has 0 aliphatic heterocycles. The van der Waals surface area contributed by atoms with Crippen LogP contribution in [0.2, 0.25) is 0 Å². The third-order valence-corrected chi connectivity index (χ3v) is 4.94. The number of hydrogen-bond donors (Lipinski definition) is 0. The molecule has 1 aromatic rings. The lowest BCUT2D eigenvalue weighted by Crippen LogP contribution is -2.09. The maximum absolute atomic E-state index is 11.2. The fourth-order valence-electron chi connectivity index (χ4n) is 1.37. The van der Waals surface area contributed by atoms with E-state index < -0.39 is 9.84 Å². The van der Waals surface area contributed by atoms with E-state index in [4.69, 9.17) is 4.74 Å². The first kappa shape index (κ1) is 15.0. The highest BCUT2D eigenvalue weighted by Gasteiger charge is 2.17. The molecule has 1 atom stereocenters. The highest BCUT2D eigenvalue weighted by molar-refractivity contribution is 9.11. The number of hydrogen-bond acceptors (Lipinski definition) is 3. The fraction of sp³-hybridized carbons (Fsp3) is 0.455. The zero-order chi connectivity index (χ0) is 13.1. The van der Waals surface area contributed by atoms with Crippen LogP contribution in [-0.2, 0) is 9.84 Å². The van der Waals surface area contributed by atoms with Gasteiger partial charge in [0.25, 0.3) is 0 Å². The van der Waals surface area contributed by atoms with Crippen LogP contribution in [0.5, 0.6) is 5.75 Å². The van der Waals surface area contributed by atoms with Crippen molar-refractivity contribution in [2.75, 3.05) is 18.6 Å². The number of sulfone groups is 1. The summed E-state index contributed by atoms with van der Waals surface area (Å²) in [7, 11) is -3.01. The predicted molar refractivity (Wildman–Crippen MR) is 76.7 cm³/mol. The average molecular weight is 386 g/mol. The molecule has 0 bridgehead atoms. The normalized spacial score (nSPS) is 13.4. The topological polar surface area (TPSA) is 43.4 Å². The molecule has 0 aromatic heterocycles. The van der Waals surface area contributed by atoms with E-state index in [1.807, 2.05) is 25.1 Å². The Hall–Kier alpha value is -0.0700. The first-order chi connectivity index (χ1) is 7.83. The van der Waals surface area contributed by atoms with Crippen LogP contribution >= 0.6 is 31.9 Å². The van der Waals surface area contributed by atoms with Crippen molar-refractivity contribution in [3.8, 4) is 5.75 Å². The zero-order valence-corrected chi connectivity index (χ0v) is 13.6. The molecule has 0 radical (unpaired) electrons. The molecule has 0 N–H and O–H groups in total. The molecule has 1 rings (SSSR count). The van der Waals surface area contributed by atoms with E-state index >= 15 is 0 Å². The Labute approximate surface area is 119 Å². The highest BCUT2D eigenvalue weighted by Crippen LogP contribution is 2.33. The SMILES string of the molecule is CCOc1ccc(C(Br)CS(C)(=O)=O)c(Br)c1. The van der Waals surface area contributed by atoms with Crippen LogP contribution < -0.4 is 4.74 Å². The average Bonchev–Trinajstić information content (AvgIpc) is 2.15. The third kappa shape index (κ3) is 4.97. The maximum Gasteiger partial charge on any atom is 0.148 e. The summed E-state index contributed by atoms with van der Waals surface area (Å²) < 4.78 is 28.7. The van der Waals surface area contributed by atoms with E-state index in [2.05, 4.69) is 31.9 Å². The Morgan fingerprint density at radius 1 is 1.41 bits per heavy atom. The van der Waals surface area contributed by atoms with Crippen LogP contribution in [0.3, 0.4) is 0 Å². The minimum atomic E-state index is -3.01. The van der Waals surface area contributed by atoms with Gasteiger partial charge in [-0.05, 0) is 24.6 Å². The maximum atomic E-state index is 11.2. The summed E-state index contributed by atoms with van der Waals surface area (Å²) in [5.74, 6) is 0.835. The molecule has 96 valence electrons. The monoisotopic (exact) mass is 384 g/mol. The van der Waals surface area contributed by atoms with Gasteiger partial charge in [-0.3, -0.25) is 0 Å². The number of rotatable bonds is 5. The molecule has 0 aliphatic carbocycles. The van der Waals surface area contributed by atoms with Crippen molar-refractivity contribution >= 4 is 41.7 Å². The molecule has 3 nitrogen and oxygen atoms in total. The Morgan fingerprint density at radius 3 is 2.53 bits per heavy atom. The lowest BCUT2D eigenvalue weighted by Gasteiger charge is -2.12. The first-order valence-electron chi connectivity index (χ1n) is 5.07. The van der Waals surface area contributed by atoms with E-state index in [-0.39, 0.29) is 10.6 Å². The van der Waals surface area contributed by atoms with E-state index in [9.17, 15) is 8.42 Å². The molecule has 6 heteroatoms. The molecule has 17 heavy (non-hydrogen) atoms. The standard InChI is InChI=1S/C11H14Br2O3S/c1-3-16-8-4-5-9(10(12)6-8)11(13)7-17(2,14)15/h4-6,11H,3,7H2,1-2H3. The number of halogens is 2. The summed E-state index contributed by atoms with van der Waals surface area (Å²) in [4.78, 5) is -0.220. The van der Waals surface area contributed by atoms with Crippen LogP contribution in [0.4, 0.5) is 0 Å². The van der Waals surface area contributed by atoms with Gasteiger partial charge in [0.2, 0.25) is 0 Å². The molecule has 0 aliphatic rings. The Bertz CT molecular complexity index is 485. The smallest absolute Gasteiger partial charge is 0.148 e. The van der Waals surface area contributed by atoms with Crippen molar-refractivity contribution < 1.29 is 13.2 Å². The van der Waals surface area contributed by atoms with Gasteiger partial charge in [-0.15, -0.1) is 0 Å². The van der Waals surface area contributed by atoms with Gasteiger partial charge < -0.3 is 4.74 Å². The second-order valence-corrected chi connectivity index (χ2v) is 7.82. The van der Waals surface area contributed by atoms with Gasteiger partial charge in [0.15, 0.2) is 0 Å². The minimum absolute atomic E-state index is 0.0690. The summed E-state index contributed by atoms with van der Waals surface area (Å²) >= 11 is 6.81. The van der Waals surface area contributed by atoms with Crippen LogP contribution in [0.25, 0.3) is 0 Å². The number of ether oxygens (including phenoxy) is 1. The van der Waals surface area contributed by atoms with Crippen molar-refractivity contribution in [3.63, 3.8) is 0 Å². The molecule has 0 spiro atoms. The number of benzene rings is 1. The Kier molecular flexibility index (Phi) is 5.47. The van der Waals surface area contributed by atoms with Gasteiger partial charge in [-0.2, -0.15) is 0 Å². The fourth-order valence-corrected chi connectivity index (χ4v) is 4.87. The lowest BCUT2D eigenvalue weighted by atomic mass is 10.2. The summed E-state index contributed by atoms with van der Waals surface area (Å²) in [5.41, 5.74) is 0.902. The molecule has 0 fully saturated rings. The molecular formula is C11H14Br2O3S. The zero-order valence-electron chi connectivity index (χ0n) is 9.61. The van der Waals surface area contributed by atoms with Gasteiger partial charge in [0.05, 0.1) is 17.2 Å². The summed E-state index contributed by atoms with van der Waals surface area (Å²) in [6, 6.07) is 5.54. The highest BCUT2D eigenvalue weighted by atomic mass is 79.9. The molecule has 0 saturated heterocycles. The Morgan fingerprint density at radius 2 is 2.06 bits per heavy atom. The van der Waals surface area contributed by atoms with Gasteiger partial charge in [0, 0.05) is 10.7 Å². The summed E-state index contributed by atoms with van der Waals surface area (Å²) in [6.07, 6.45) is 1.23. The van der Waals surface area contributed by atoms with Gasteiger partial charge in [0.1, 0.15) is 15.6 Å². The molecule has 1 aromatic carbocycles. The van der Waals surface area contributed by atoms with E-state index in [0.717, 1.165) is 15.8 Å². The molecule has 0 heterocycles. The molecular weight excluding hydrogens is 372 g/mol. The number of alkyl halides is 1. The largest absolute Gasteiger partial charge is 0.494 e. The van der Waals surface area contributed by atoms with Crippen LogP contribution in [0.1, 0.15) is 17.3 Å². The van der Waals surface area contributed by atoms with Crippen molar-refractivity contribution in [1.29, 1.82) is 0 Å². The first-order valence-corrected chi connectivity index (χ1v) is 8.84. The second kappa shape index (κ2) is 6.20. The van der Waals surface area contributed by atoms with Crippen molar-refractivity contribution in [1.82, 2.24) is 0 Å². The Balaban J connectivity index is 2.92. The van der Waals surface area contributed by atoms with Gasteiger partial charge in [-0.1, -0.05) is 37.9 Å². The van der Waals surface area contributed by atoms with Crippen molar-refractivity contribution in [3.05, 3.63) is 28.2 Å². The van der Waals surface area contributed by atoms with E-state index in [0.29, 0.717) is 6.61 Å². The lowest BCUT2D eigenvalue weighted by molar-refractivity contribution is 0.340. The van der Waals surface area contributed by atoms with Crippen molar-refractivity contribution in [2.45, 2.75) is 11.8 Å². The third-order valence-electron chi connectivity index (χ3n) is 2.07. The molecule has 1 unspecified atom stereocenters.